The van der Waals surface area contributed by atoms with Crippen LogP contribution in [-0.2, 0) is 35.0 Å². The Balaban J connectivity index is 0.000000339. The molecule has 14 nitrogen and oxygen atoms in total. The van der Waals surface area contributed by atoms with E-state index in [4.69, 9.17) is 0 Å². The van der Waals surface area contributed by atoms with Crippen molar-refractivity contribution in [1.82, 2.24) is 23.5 Å². The molecule has 1 saturated heterocycles. The number of allylic oxidation sites excluding steroid dienone is 3. The number of nitrogens with zero attached hydrogens (tertiary/aromatic N) is 5. The number of aliphatic hydroxyl groups is 2. The second-order valence-electron chi connectivity index (χ2n) is 10.9. The second-order valence-corrected chi connectivity index (χ2v) is 10.9. The molecule has 3 atom stereocenters. The number of esters is 1. The van der Waals surface area contributed by atoms with Crippen LogP contribution in [0.5, 0.6) is 0 Å². The Kier molecular flexibility index (Phi) is 14.5. The smallest absolute Gasteiger partial charge is 0.336 e. The fourth-order valence-electron chi connectivity index (χ4n) is 4.36. The molecule has 3 amide bonds. The number of amides is 3. The predicted molar refractivity (Wildman–Crippen MR) is 160 cm³/mol. The maximum atomic E-state index is 12.2. The van der Waals surface area contributed by atoms with E-state index in [0.29, 0.717) is 12.8 Å². The van der Waals surface area contributed by atoms with Crippen LogP contribution < -0.4 is 17.1 Å². The quantitative estimate of drug-likeness (QED) is 0.230. The second kappa shape index (κ2) is 16.8. The van der Waals surface area contributed by atoms with E-state index in [-0.39, 0.29) is 37.4 Å². The number of carbonyl (C=O) groups excluding carboxylic acids is 3. The van der Waals surface area contributed by atoms with Crippen LogP contribution in [-0.4, -0.2) is 89.6 Å². The van der Waals surface area contributed by atoms with Gasteiger partial charge in [-0.3, -0.25) is 14.5 Å². The number of ether oxygens (including phenoxy) is 1. The van der Waals surface area contributed by atoms with E-state index in [1.807, 2.05) is 13.0 Å². The van der Waals surface area contributed by atoms with E-state index in [1.165, 1.54) is 32.2 Å². The molecule has 2 heterocycles. The third-order valence-electron chi connectivity index (χ3n) is 7.36. The fourth-order valence-corrected chi connectivity index (χ4v) is 4.36. The van der Waals surface area contributed by atoms with Crippen molar-refractivity contribution >= 4 is 17.9 Å². The Labute approximate surface area is 251 Å². The highest BCUT2D eigenvalue weighted by molar-refractivity contribution is 6.06. The first-order chi connectivity index (χ1) is 20.1. The number of hydrogen-bond donors (Lipinski definition) is 2. The molecular weight excluding hydrogens is 562 g/mol. The molecular formula is C29H47N5O9. The summed E-state index contributed by atoms with van der Waals surface area (Å²) < 4.78 is 7.32. The van der Waals surface area contributed by atoms with Crippen LogP contribution in [0.2, 0.25) is 0 Å². The zero-order chi connectivity index (χ0) is 33.1. The standard InChI is InChI=1S/C13H24N2O4.C8H11N3O3.C8H12O2/c1-5-9(16)7-14-11(18)13(3,4)15(12(14)19)8-10(17)6-2;1-4-5-11-7(13)9(2)6(12)10(3)8(11)14;1-10-8(9)7-5-3-2-4-6-7/h9-10,16-17H,5-8H2,1-4H3;4H,1,5H2,2-3H3;2-3,7H,4-6H2,1H3. The zero-order valence-electron chi connectivity index (χ0n) is 26.3. The Morgan fingerprint density at radius 2 is 1.53 bits per heavy atom. The number of rotatable bonds is 9. The molecule has 43 heavy (non-hydrogen) atoms. The predicted octanol–water partition coefficient (Wildman–Crippen LogP) is 0.518. The lowest BCUT2D eigenvalue weighted by Gasteiger charge is -2.29. The third-order valence-corrected chi connectivity index (χ3v) is 7.36. The average Bonchev–Trinajstić information content (AvgIpc) is 3.16. The van der Waals surface area contributed by atoms with Crippen LogP contribution in [0, 0.1) is 5.92 Å². The third kappa shape index (κ3) is 9.35. The minimum Gasteiger partial charge on any atom is -0.469 e. The van der Waals surface area contributed by atoms with Gasteiger partial charge in [-0.2, -0.15) is 0 Å². The topological polar surface area (TPSA) is 173 Å². The highest BCUT2D eigenvalue weighted by Gasteiger charge is 2.51. The molecule has 1 aliphatic carbocycles. The van der Waals surface area contributed by atoms with Crippen molar-refractivity contribution < 1.29 is 29.3 Å². The molecule has 0 radical (unpaired) electrons. The molecule has 0 saturated carbocycles. The van der Waals surface area contributed by atoms with E-state index in [0.717, 1.165) is 37.9 Å². The molecule has 3 rings (SSSR count). The molecule has 1 aliphatic heterocycles. The lowest BCUT2D eigenvalue weighted by Crippen LogP contribution is -2.52. The minimum atomic E-state index is -0.972. The summed E-state index contributed by atoms with van der Waals surface area (Å²) >= 11 is 0. The highest BCUT2D eigenvalue weighted by Crippen LogP contribution is 2.28. The molecule has 2 N–H and O–H groups in total. The van der Waals surface area contributed by atoms with Gasteiger partial charge in [-0.05, 0) is 46.0 Å². The van der Waals surface area contributed by atoms with Crippen molar-refractivity contribution in [2.45, 2.75) is 84.1 Å². The van der Waals surface area contributed by atoms with Crippen LogP contribution in [0.25, 0.3) is 0 Å². The van der Waals surface area contributed by atoms with E-state index in [2.05, 4.69) is 17.4 Å². The highest BCUT2D eigenvalue weighted by atomic mass is 16.5. The molecule has 1 aromatic heterocycles. The molecule has 0 aromatic carbocycles. The summed E-state index contributed by atoms with van der Waals surface area (Å²) in [4.78, 5) is 71.9. The lowest BCUT2D eigenvalue weighted by molar-refractivity contribution is -0.145. The summed E-state index contributed by atoms with van der Waals surface area (Å²) in [6, 6.07) is -0.435. The summed E-state index contributed by atoms with van der Waals surface area (Å²) in [6.45, 7) is 10.6. The number of carbonyl (C=O) groups is 3. The summed E-state index contributed by atoms with van der Waals surface area (Å²) in [5.74, 6) is -0.271. The van der Waals surface area contributed by atoms with Crippen molar-refractivity contribution in [3.8, 4) is 0 Å². The number of urea groups is 1. The van der Waals surface area contributed by atoms with Gasteiger partial charge < -0.3 is 19.8 Å². The average molecular weight is 610 g/mol. The maximum absolute atomic E-state index is 12.2. The fraction of sp³-hybridized carbons (Fsp3) is 0.655. The SMILES string of the molecule is C=CCn1c(=O)n(C)c(=O)n(C)c1=O.CCC(O)CN1C(=O)N(CC(O)CC)C(C)(C)C1=O.COC(=O)C1CC=CCC1. The minimum absolute atomic E-state index is 0.0102. The number of hydrogen-bond acceptors (Lipinski definition) is 9. The van der Waals surface area contributed by atoms with Crippen LogP contribution in [0.4, 0.5) is 4.79 Å². The van der Waals surface area contributed by atoms with Crippen molar-refractivity contribution in [3.63, 3.8) is 0 Å². The van der Waals surface area contributed by atoms with Crippen molar-refractivity contribution in [3.05, 3.63) is 56.3 Å². The van der Waals surface area contributed by atoms with Gasteiger partial charge >= 0.3 is 29.1 Å². The van der Waals surface area contributed by atoms with Gasteiger partial charge in [0.25, 0.3) is 5.91 Å². The van der Waals surface area contributed by atoms with E-state index in [1.54, 1.807) is 20.8 Å². The Hall–Kier alpha value is -3.78. The van der Waals surface area contributed by atoms with Crippen molar-refractivity contribution in [1.29, 1.82) is 0 Å². The van der Waals surface area contributed by atoms with E-state index in [9.17, 15) is 39.0 Å². The lowest BCUT2D eigenvalue weighted by atomic mass is 9.95. The maximum Gasteiger partial charge on any atom is 0.336 e. The number of aliphatic hydroxyl groups excluding tert-OH is 2. The van der Waals surface area contributed by atoms with Gasteiger partial charge in [0.15, 0.2) is 0 Å². The number of methoxy groups -OCH3 is 1. The number of β-amino-alcohol motifs (C(OH)–C–C–N with tert-alkyl or cyclic N) is 2. The summed E-state index contributed by atoms with van der Waals surface area (Å²) in [7, 11) is 4.09. The first-order valence-corrected chi connectivity index (χ1v) is 14.3. The van der Waals surface area contributed by atoms with Crippen LogP contribution in [0.1, 0.15) is 59.8 Å². The summed E-state index contributed by atoms with van der Waals surface area (Å²) in [5.41, 5.74) is -2.85. The van der Waals surface area contributed by atoms with Crippen molar-refractivity contribution in [2.24, 2.45) is 20.0 Å². The number of imide groups is 1. The van der Waals surface area contributed by atoms with Gasteiger partial charge in [-0.25, -0.2) is 32.9 Å². The molecule has 3 unspecified atom stereocenters. The molecule has 14 heteroatoms. The molecule has 0 spiro atoms. The largest absolute Gasteiger partial charge is 0.469 e. The number of aromatic nitrogens is 3. The first-order valence-electron chi connectivity index (χ1n) is 14.3. The van der Waals surface area contributed by atoms with Crippen LogP contribution in [0.3, 0.4) is 0 Å². The Morgan fingerprint density at radius 3 is 1.98 bits per heavy atom. The molecule has 242 valence electrons. The van der Waals surface area contributed by atoms with E-state index >= 15 is 0 Å². The van der Waals surface area contributed by atoms with Crippen LogP contribution in [0.15, 0.2) is 39.2 Å². The van der Waals surface area contributed by atoms with Gasteiger partial charge in [-0.1, -0.05) is 32.1 Å². The summed E-state index contributed by atoms with van der Waals surface area (Å²) in [6.07, 6.45) is 8.04. The van der Waals surface area contributed by atoms with E-state index < -0.39 is 40.8 Å². The zero-order valence-corrected chi connectivity index (χ0v) is 26.3. The van der Waals surface area contributed by atoms with Gasteiger partial charge in [-0.15, -0.1) is 6.58 Å². The molecule has 2 aliphatic rings. The van der Waals surface area contributed by atoms with Gasteiger partial charge in [0, 0.05) is 20.6 Å². The normalized spacial score (nSPS) is 18.7. The van der Waals surface area contributed by atoms with Crippen LogP contribution >= 0.6 is 0 Å². The van der Waals surface area contributed by atoms with Gasteiger partial charge in [0.05, 0.1) is 38.3 Å². The Bertz CT molecular complexity index is 1300. The van der Waals surface area contributed by atoms with Crippen molar-refractivity contribution in [2.75, 3.05) is 20.2 Å². The van der Waals surface area contributed by atoms with Gasteiger partial charge in [0.2, 0.25) is 0 Å². The van der Waals surface area contributed by atoms with Gasteiger partial charge in [0.1, 0.15) is 5.54 Å². The first kappa shape index (κ1) is 37.2. The molecule has 1 fully saturated rings. The summed E-state index contributed by atoms with van der Waals surface area (Å²) in [5, 5.41) is 19.3. The monoisotopic (exact) mass is 609 g/mol. The Morgan fingerprint density at radius 1 is 1.00 bits per heavy atom. The molecule has 1 aromatic rings. The molecule has 0 bridgehead atoms.